The highest BCUT2D eigenvalue weighted by atomic mass is 35.5. The summed E-state index contributed by atoms with van der Waals surface area (Å²) in [5, 5.41) is 2.55. The number of nitrogens with zero attached hydrogens (tertiary/aromatic N) is 1. The standard InChI is InChI=1S/C27H22ClFN2O4/c1-27(2,3)20-6-4-5-7-21(20)35-26(34)16-8-12-18(13-9-16)30-23-22(28)24(32)31(25(23)33)19-14-10-17(29)11-15-19/h4-15,30H,1-3H3. The maximum Gasteiger partial charge on any atom is 0.343 e. The van der Waals surface area contributed by atoms with Crippen molar-refractivity contribution in [2.75, 3.05) is 10.2 Å². The van der Waals surface area contributed by atoms with Crippen LogP contribution in [0.25, 0.3) is 0 Å². The molecule has 0 fully saturated rings. The molecule has 1 aliphatic rings. The number of nitrogens with one attached hydrogen (secondary N) is 1. The van der Waals surface area contributed by atoms with E-state index in [1.54, 1.807) is 24.3 Å². The molecule has 0 atom stereocenters. The zero-order valence-electron chi connectivity index (χ0n) is 19.3. The monoisotopic (exact) mass is 492 g/mol. The SMILES string of the molecule is CC(C)(C)c1ccccc1OC(=O)c1ccc(NC2=C(Cl)C(=O)N(c3ccc(F)cc3)C2=O)cc1. The van der Waals surface area contributed by atoms with E-state index in [1.165, 1.54) is 24.3 Å². The fourth-order valence-corrected chi connectivity index (χ4v) is 3.82. The van der Waals surface area contributed by atoms with E-state index in [0.29, 0.717) is 17.0 Å². The molecule has 0 aliphatic carbocycles. The molecule has 0 unspecified atom stereocenters. The summed E-state index contributed by atoms with van der Waals surface area (Å²) in [6.07, 6.45) is 0. The number of imide groups is 1. The van der Waals surface area contributed by atoms with Crippen LogP contribution in [-0.2, 0) is 15.0 Å². The molecule has 0 aromatic heterocycles. The molecule has 6 nitrogen and oxygen atoms in total. The number of hydrogen-bond acceptors (Lipinski definition) is 5. The molecule has 3 aromatic rings. The molecule has 2 amide bonds. The molecular formula is C27H22ClFN2O4. The van der Waals surface area contributed by atoms with Gasteiger partial charge in [0.2, 0.25) is 0 Å². The van der Waals surface area contributed by atoms with Crippen molar-refractivity contribution < 1.29 is 23.5 Å². The number of ether oxygens (including phenoxy) is 1. The molecule has 35 heavy (non-hydrogen) atoms. The van der Waals surface area contributed by atoms with Crippen LogP contribution in [0.1, 0.15) is 36.7 Å². The Morgan fingerprint density at radius 2 is 1.54 bits per heavy atom. The number of rotatable bonds is 5. The van der Waals surface area contributed by atoms with E-state index in [-0.39, 0.29) is 21.8 Å². The molecular weight excluding hydrogens is 471 g/mol. The highest BCUT2D eigenvalue weighted by Gasteiger charge is 2.39. The van der Waals surface area contributed by atoms with Gasteiger partial charge in [-0.25, -0.2) is 14.1 Å². The van der Waals surface area contributed by atoms with Gasteiger partial charge in [0.25, 0.3) is 11.8 Å². The first kappa shape index (κ1) is 24.2. The molecule has 1 heterocycles. The van der Waals surface area contributed by atoms with Gasteiger partial charge in [-0.05, 0) is 60.0 Å². The Morgan fingerprint density at radius 3 is 2.17 bits per heavy atom. The van der Waals surface area contributed by atoms with Crippen molar-refractivity contribution in [3.05, 3.63) is 100 Å². The molecule has 0 saturated heterocycles. The lowest BCUT2D eigenvalue weighted by Gasteiger charge is -2.22. The molecule has 8 heteroatoms. The predicted octanol–water partition coefficient (Wildman–Crippen LogP) is 5.78. The third kappa shape index (κ3) is 4.95. The molecule has 1 N–H and O–H groups in total. The molecule has 0 radical (unpaired) electrons. The summed E-state index contributed by atoms with van der Waals surface area (Å²) >= 11 is 6.13. The number of para-hydroxylation sites is 1. The Morgan fingerprint density at radius 1 is 0.914 bits per heavy atom. The molecule has 1 aliphatic heterocycles. The van der Waals surface area contributed by atoms with E-state index in [9.17, 15) is 18.8 Å². The Kier molecular flexibility index (Phi) is 6.45. The highest BCUT2D eigenvalue weighted by Crippen LogP contribution is 2.32. The fourth-order valence-electron chi connectivity index (χ4n) is 3.60. The number of carbonyl (C=O) groups excluding carboxylic acids is 3. The summed E-state index contributed by atoms with van der Waals surface area (Å²) in [4.78, 5) is 39.0. The van der Waals surface area contributed by atoms with Crippen LogP contribution in [0.4, 0.5) is 15.8 Å². The van der Waals surface area contributed by atoms with Crippen LogP contribution < -0.4 is 15.0 Å². The van der Waals surface area contributed by atoms with E-state index in [0.717, 1.165) is 22.6 Å². The number of halogens is 2. The third-order valence-corrected chi connectivity index (χ3v) is 5.75. The molecule has 0 spiro atoms. The van der Waals surface area contributed by atoms with Crippen molar-refractivity contribution in [2.45, 2.75) is 26.2 Å². The largest absolute Gasteiger partial charge is 0.423 e. The maximum atomic E-state index is 13.2. The van der Waals surface area contributed by atoms with Gasteiger partial charge < -0.3 is 10.1 Å². The number of carbonyl (C=O) groups is 3. The minimum Gasteiger partial charge on any atom is -0.423 e. The molecule has 3 aromatic carbocycles. The number of benzene rings is 3. The Bertz CT molecular complexity index is 1340. The van der Waals surface area contributed by atoms with Crippen molar-refractivity contribution in [1.82, 2.24) is 0 Å². The van der Waals surface area contributed by atoms with Crippen LogP contribution >= 0.6 is 11.6 Å². The van der Waals surface area contributed by atoms with Gasteiger partial charge in [-0.1, -0.05) is 50.6 Å². The highest BCUT2D eigenvalue weighted by molar-refractivity contribution is 6.53. The minimum absolute atomic E-state index is 0.115. The van der Waals surface area contributed by atoms with Crippen molar-refractivity contribution >= 4 is 40.8 Å². The number of esters is 1. The molecule has 0 saturated carbocycles. The summed E-state index contributed by atoms with van der Waals surface area (Å²) in [6.45, 7) is 6.10. The third-order valence-electron chi connectivity index (χ3n) is 5.40. The van der Waals surface area contributed by atoms with Crippen molar-refractivity contribution in [3.8, 4) is 5.75 Å². The smallest absolute Gasteiger partial charge is 0.343 e. The van der Waals surface area contributed by atoms with E-state index >= 15 is 0 Å². The van der Waals surface area contributed by atoms with Crippen LogP contribution in [0.15, 0.2) is 83.5 Å². The predicted molar refractivity (Wildman–Crippen MR) is 132 cm³/mol. The van der Waals surface area contributed by atoms with E-state index in [4.69, 9.17) is 16.3 Å². The number of hydrogen-bond donors (Lipinski definition) is 1. The van der Waals surface area contributed by atoms with Crippen LogP contribution in [0.3, 0.4) is 0 Å². The zero-order valence-corrected chi connectivity index (χ0v) is 20.0. The first-order valence-corrected chi connectivity index (χ1v) is 11.2. The second-order valence-corrected chi connectivity index (χ2v) is 9.33. The van der Waals surface area contributed by atoms with E-state index < -0.39 is 23.6 Å². The lowest BCUT2D eigenvalue weighted by molar-refractivity contribution is -0.120. The fraction of sp³-hybridized carbons (Fsp3) is 0.148. The quantitative estimate of drug-likeness (QED) is 0.277. The lowest BCUT2D eigenvalue weighted by atomic mass is 9.86. The Balaban J connectivity index is 1.49. The van der Waals surface area contributed by atoms with E-state index in [2.05, 4.69) is 5.32 Å². The summed E-state index contributed by atoms with van der Waals surface area (Å²) in [6, 6.07) is 18.5. The average molecular weight is 493 g/mol. The number of amides is 2. The van der Waals surface area contributed by atoms with Gasteiger partial charge in [-0.3, -0.25) is 9.59 Å². The lowest BCUT2D eigenvalue weighted by Crippen LogP contribution is -2.32. The normalized spacial score (nSPS) is 13.9. The van der Waals surface area contributed by atoms with Crippen LogP contribution in [0.2, 0.25) is 0 Å². The van der Waals surface area contributed by atoms with Crippen LogP contribution in [0, 0.1) is 5.82 Å². The van der Waals surface area contributed by atoms with Crippen molar-refractivity contribution in [2.24, 2.45) is 0 Å². The first-order valence-electron chi connectivity index (χ1n) is 10.8. The summed E-state index contributed by atoms with van der Waals surface area (Å²) in [5.41, 5.74) is 1.53. The van der Waals surface area contributed by atoms with Crippen LogP contribution in [0.5, 0.6) is 5.75 Å². The van der Waals surface area contributed by atoms with Gasteiger partial charge in [0.15, 0.2) is 0 Å². The zero-order chi connectivity index (χ0) is 25.3. The minimum atomic E-state index is -0.719. The van der Waals surface area contributed by atoms with Gasteiger partial charge in [0.1, 0.15) is 22.3 Å². The van der Waals surface area contributed by atoms with Gasteiger partial charge in [-0.15, -0.1) is 0 Å². The Hall–Kier alpha value is -3.97. The van der Waals surface area contributed by atoms with Gasteiger partial charge in [-0.2, -0.15) is 0 Å². The van der Waals surface area contributed by atoms with Crippen molar-refractivity contribution in [3.63, 3.8) is 0 Å². The number of anilines is 2. The first-order chi connectivity index (χ1) is 16.6. The van der Waals surface area contributed by atoms with E-state index in [1.807, 2.05) is 32.9 Å². The second-order valence-electron chi connectivity index (χ2n) is 8.95. The average Bonchev–Trinajstić information content (AvgIpc) is 3.03. The maximum absolute atomic E-state index is 13.2. The molecule has 178 valence electrons. The van der Waals surface area contributed by atoms with Crippen LogP contribution in [-0.4, -0.2) is 17.8 Å². The topological polar surface area (TPSA) is 75.7 Å². The van der Waals surface area contributed by atoms with Gasteiger partial charge in [0, 0.05) is 11.3 Å². The summed E-state index contributed by atoms with van der Waals surface area (Å²) in [7, 11) is 0. The molecule has 4 rings (SSSR count). The van der Waals surface area contributed by atoms with Crippen molar-refractivity contribution in [1.29, 1.82) is 0 Å². The summed E-state index contributed by atoms with van der Waals surface area (Å²) < 4.78 is 18.9. The molecule has 0 bridgehead atoms. The van der Waals surface area contributed by atoms with Gasteiger partial charge in [0.05, 0.1) is 11.3 Å². The second kappa shape index (κ2) is 9.35. The van der Waals surface area contributed by atoms with Gasteiger partial charge >= 0.3 is 5.97 Å². The Labute approximate surface area is 207 Å². The summed E-state index contributed by atoms with van der Waals surface area (Å²) in [5.74, 6) is -1.93.